The summed E-state index contributed by atoms with van der Waals surface area (Å²) in [4.78, 5) is 19.5. The van der Waals surface area contributed by atoms with Crippen LogP contribution in [0.1, 0.15) is 35.9 Å². The van der Waals surface area contributed by atoms with Crippen LogP contribution in [0.3, 0.4) is 0 Å². The molecule has 4 heterocycles. The number of nitrogens with zero attached hydrogens (tertiary/aromatic N) is 3. The van der Waals surface area contributed by atoms with Crippen LogP contribution in [0.25, 0.3) is 0 Å². The molecule has 0 radical (unpaired) electrons. The van der Waals surface area contributed by atoms with Gasteiger partial charge in [0.25, 0.3) is 5.91 Å². The summed E-state index contributed by atoms with van der Waals surface area (Å²) in [6.45, 7) is 6.68. The van der Waals surface area contributed by atoms with Crippen LogP contribution < -0.4 is 5.32 Å². The molecule has 1 amide bonds. The standard InChI is InChI=1S/C22H28N4O2/c1-2-26-11-10-23-20(26)14-25-13-18-17(19-8-9-22(18,15-25)28-19)12-24-21(27)16-6-4-3-5-7-16/h3-7,10-11,17-19H,2,8-9,12-15H2,1H3,(H,24,27)/t17-,18+,19+,22+/m0/s1. The molecular formula is C22H28N4O2. The third-order valence-corrected chi connectivity index (χ3v) is 6.90. The van der Waals surface area contributed by atoms with Gasteiger partial charge in [0.2, 0.25) is 0 Å². The summed E-state index contributed by atoms with van der Waals surface area (Å²) in [6, 6.07) is 9.46. The van der Waals surface area contributed by atoms with E-state index in [1.807, 2.05) is 36.5 Å². The lowest BCUT2D eigenvalue weighted by atomic mass is 9.73. The number of imidazole rings is 1. The number of carbonyl (C=O) groups excluding carboxylic acids is 1. The zero-order valence-electron chi connectivity index (χ0n) is 16.4. The number of aromatic nitrogens is 2. The predicted molar refractivity (Wildman–Crippen MR) is 106 cm³/mol. The second-order valence-corrected chi connectivity index (χ2v) is 8.41. The van der Waals surface area contributed by atoms with Gasteiger partial charge in [-0.25, -0.2) is 4.98 Å². The summed E-state index contributed by atoms with van der Waals surface area (Å²) in [5.41, 5.74) is 0.705. The molecular weight excluding hydrogens is 352 g/mol. The summed E-state index contributed by atoms with van der Waals surface area (Å²) < 4.78 is 8.73. The third kappa shape index (κ3) is 2.95. The van der Waals surface area contributed by atoms with E-state index in [0.717, 1.165) is 50.4 Å². The Kier molecular flexibility index (Phi) is 4.48. The summed E-state index contributed by atoms with van der Waals surface area (Å²) in [7, 11) is 0. The van der Waals surface area contributed by atoms with Gasteiger partial charge >= 0.3 is 0 Å². The molecule has 0 aliphatic carbocycles. The Labute approximate surface area is 165 Å². The van der Waals surface area contributed by atoms with Crippen LogP contribution in [0.15, 0.2) is 42.7 Å². The molecule has 1 aromatic heterocycles. The first-order chi connectivity index (χ1) is 13.7. The highest BCUT2D eigenvalue weighted by atomic mass is 16.5. The zero-order valence-corrected chi connectivity index (χ0v) is 16.4. The van der Waals surface area contributed by atoms with Crippen LogP contribution in [-0.2, 0) is 17.8 Å². The molecule has 4 atom stereocenters. The van der Waals surface area contributed by atoms with E-state index in [9.17, 15) is 4.79 Å². The Balaban J connectivity index is 1.25. The van der Waals surface area contributed by atoms with Crippen molar-refractivity contribution < 1.29 is 9.53 Å². The van der Waals surface area contributed by atoms with E-state index in [2.05, 4.69) is 32.9 Å². The average Bonchev–Trinajstić information content (AvgIpc) is 3.47. The summed E-state index contributed by atoms with van der Waals surface area (Å²) in [6.07, 6.45) is 6.48. The van der Waals surface area contributed by atoms with Crippen molar-refractivity contribution in [3.05, 3.63) is 54.1 Å². The van der Waals surface area contributed by atoms with Gasteiger partial charge < -0.3 is 14.6 Å². The minimum atomic E-state index is -0.0174. The van der Waals surface area contributed by atoms with E-state index in [0.29, 0.717) is 24.5 Å². The number of ether oxygens (including phenoxy) is 1. The van der Waals surface area contributed by atoms with Crippen LogP contribution in [0.5, 0.6) is 0 Å². The Morgan fingerprint density at radius 3 is 3.04 bits per heavy atom. The van der Waals surface area contributed by atoms with Crippen LogP contribution in [-0.4, -0.2) is 51.7 Å². The normalized spacial score (nSPS) is 31.2. The fourth-order valence-corrected chi connectivity index (χ4v) is 5.56. The Morgan fingerprint density at radius 2 is 2.21 bits per heavy atom. The third-order valence-electron chi connectivity index (χ3n) is 6.90. The van der Waals surface area contributed by atoms with Gasteiger partial charge in [0, 0.05) is 56.0 Å². The van der Waals surface area contributed by atoms with Gasteiger partial charge in [0.1, 0.15) is 5.82 Å². The monoisotopic (exact) mass is 380 g/mol. The molecule has 2 bridgehead atoms. The molecule has 6 nitrogen and oxygen atoms in total. The number of hydrogen-bond acceptors (Lipinski definition) is 4. The van der Waals surface area contributed by atoms with Gasteiger partial charge in [-0.1, -0.05) is 18.2 Å². The Morgan fingerprint density at radius 1 is 1.36 bits per heavy atom. The lowest BCUT2D eigenvalue weighted by Gasteiger charge is -2.29. The highest BCUT2D eigenvalue weighted by Crippen LogP contribution is 2.54. The maximum atomic E-state index is 12.5. The predicted octanol–water partition coefficient (Wildman–Crippen LogP) is 2.31. The largest absolute Gasteiger partial charge is 0.370 e. The van der Waals surface area contributed by atoms with Crippen molar-refractivity contribution in [1.29, 1.82) is 0 Å². The summed E-state index contributed by atoms with van der Waals surface area (Å²) in [5.74, 6) is 2.03. The molecule has 3 aliphatic heterocycles. The Bertz CT molecular complexity index is 851. The first-order valence-corrected chi connectivity index (χ1v) is 10.4. The number of nitrogens with one attached hydrogen (secondary N) is 1. The van der Waals surface area contributed by atoms with Crippen molar-refractivity contribution in [3.63, 3.8) is 0 Å². The number of benzene rings is 1. The molecule has 0 saturated carbocycles. The van der Waals surface area contributed by atoms with Crippen molar-refractivity contribution >= 4 is 5.91 Å². The fourth-order valence-electron chi connectivity index (χ4n) is 5.56. The highest BCUT2D eigenvalue weighted by molar-refractivity contribution is 5.94. The molecule has 1 N–H and O–H groups in total. The lowest BCUT2D eigenvalue weighted by Crippen LogP contribution is -2.41. The summed E-state index contributed by atoms with van der Waals surface area (Å²) >= 11 is 0. The second-order valence-electron chi connectivity index (χ2n) is 8.41. The maximum absolute atomic E-state index is 12.5. The molecule has 2 aromatic rings. The van der Waals surface area contributed by atoms with Crippen molar-refractivity contribution in [2.24, 2.45) is 11.8 Å². The van der Waals surface area contributed by atoms with Gasteiger partial charge in [-0.05, 0) is 31.9 Å². The van der Waals surface area contributed by atoms with E-state index < -0.39 is 0 Å². The number of amides is 1. The highest BCUT2D eigenvalue weighted by Gasteiger charge is 2.62. The molecule has 6 heteroatoms. The van der Waals surface area contributed by atoms with Gasteiger partial charge in [-0.2, -0.15) is 0 Å². The first-order valence-electron chi connectivity index (χ1n) is 10.4. The van der Waals surface area contributed by atoms with Crippen molar-refractivity contribution in [2.75, 3.05) is 19.6 Å². The van der Waals surface area contributed by atoms with Gasteiger partial charge in [0.05, 0.1) is 18.2 Å². The maximum Gasteiger partial charge on any atom is 0.251 e. The lowest BCUT2D eigenvalue weighted by molar-refractivity contribution is 0.00187. The number of rotatable bonds is 6. The first kappa shape index (κ1) is 17.9. The van der Waals surface area contributed by atoms with E-state index in [1.165, 1.54) is 0 Å². The smallest absolute Gasteiger partial charge is 0.251 e. The van der Waals surface area contributed by atoms with Crippen LogP contribution in [0, 0.1) is 11.8 Å². The molecule has 3 fully saturated rings. The van der Waals surface area contributed by atoms with E-state index in [1.54, 1.807) is 0 Å². The van der Waals surface area contributed by atoms with Crippen molar-refractivity contribution in [1.82, 2.24) is 19.8 Å². The van der Waals surface area contributed by atoms with Crippen LogP contribution in [0.4, 0.5) is 0 Å². The van der Waals surface area contributed by atoms with E-state index >= 15 is 0 Å². The van der Waals surface area contributed by atoms with Crippen LogP contribution in [0.2, 0.25) is 0 Å². The van der Waals surface area contributed by atoms with E-state index in [-0.39, 0.29) is 11.5 Å². The average molecular weight is 380 g/mol. The topological polar surface area (TPSA) is 59.4 Å². The molecule has 3 saturated heterocycles. The van der Waals surface area contributed by atoms with Gasteiger partial charge in [-0.3, -0.25) is 9.69 Å². The molecule has 1 spiro atoms. The van der Waals surface area contributed by atoms with Crippen LogP contribution >= 0.6 is 0 Å². The Hall–Kier alpha value is -2.18. The van der Waals surface area contributed by atoms with Crippen molar-refractivity contribution in [2.45, 2.75) is 44.6 Å². The molecule has 5 rings (SSSR count). The number of aryl methyl sites for hydroxylation is 1. The second kappa shape index (κ2) is 7.01. The fraction of sp³-hybridized carbons (Fsp3) is 0.545. The van der Waals surface area contributed by atoms with Gasteiger partial charge in [0.15, 0.2) is 0 Å². The quantitative estimate of drug-likeness (QED) is 0.836. The molecule has 3 aliphatic rings. The number of likely N-dealkylation sites (tertiary alicyclic amines) is 1. The minimum absolute atomic E-state index is 0.0113. The SMILES string of the molecule is CCn1ccnc1CN1C[C@@H]2[C@H](CNC(=O)c3ccccc3)[C@H]3CC[C@]2(C1)O3. The summed E-state index contributed by atoms with van der Waals surface area (Å²) in [5, 5.41) is 3.16. The van der Waals surface area contributed by atoms with Gasteiger partial charge in [-0.15, -0.1) is 0 Å². The number of hydrogen-bond donors (Lipinski definition) is 1. The number of fused-ring (bicyclic) bond motifs is 1. The zero-order chi connectivity index (χ0) is 19.1. The van der Waals surface area contributed by atoms with Crippen molar-refractivity contribution in [3.8, 4) is 0 Å². The van der Waals surface area contributed by atoms with E-state index in [4.69, 9.17) is 4.74 Å². The molecule has 0 unspecified atom stereocenters. The number of carbonyl (C=O) groups is 1. The minimum Gasteiger partial charge on any atom is -0.370 e. The molecule has 148 valence electrons. The molecule has 1 aromatic carbocycles. The molecule has 28 heavy (non-hydrogen) atoms.